The summed E-state index contributed by atoms with van der Waals surface area (Å²) >= 11 is 0. The minimum atomic E-state index is -4.10. The predicted octanol–water partition coefficient (Wildman–Crippen LogP) is 3.27. The fourth-order valence-electron chi connectivity index (χ4n) is 3.22. The Hall–Kier alpha value is -2.93. The molecule has 0 atom stereocenters. The number of aromatic nitrogens is 3. The fourth-order valence-corrected chi connectivity index (χ4v) is 3.90. The molecule has 0 amide bonds. The van der Waals surface area contributed by atoms with Gasteiger partial charge in [0.2, 0.25) is 0 Å². The van der Waals surface area contributed by atoms with Gasteiger partial charge in [-0.15, -0.1) is 0 Å². The molecule has 0 aliphatic heterocycles. The zero-order valence-electron chi connectivity index (χ0n) is 15.2. The number of hydrogen-bond acceptors (Lipinski definition) is 5. The first-order chi connectivity index (χ1) is 13.4. The Morgan fingerprint density at radius 2 is 1.68 bits per heavy atom. The summed E-state index contributed by atoms with van der Waals surface area (Å²) < 4.78 is 23.9. The van der Waals surface area contributed by atoms with Crippen LogP contribution in [-0.4, -0.2) is 38.5 Å². The normalized spacial score (nSPS) is 11.9. The van der Waals surface area contributed by atoms with Gasteiger partial charge in [-0.1, -0.05) is 12.1 Å². The maximum Gasteiger partial charge on any atom is 0.329 e. The highest BCUT2D eigenvalue weighted by molar-refractivity contribution is 7.50. The molecule has 4 aromatic rings. The van der Waals surface area contributed by atoms with E-state index >= 15 is 0 Å². The van der Waals surface area contributed by atoms with Gasteiger partial charge in [-0.2, -0.15) is 0 Å². The number of hydrogen-bond donors (Lipinski definition) is 2. The largest absolute Gasteiger partial charge is 0.493 e. The first-order valence-corrected chi connectivity index (χ1v) is 10.2. The Labute approximate surface area is 160 Å². The maximum atomic E-state index is 11.2. The third-order valence-corrected chi connectivity index (χ3v) is 5.26. The summed E-state index contributed by atoms with van der Waals surface area (Å²) in [6.45, 7) is 0. The number of pyridine rings is 1. The monoisotopic (exact) mass is 399 g/mol. The number of nitrogens with zero attached hydrogens (tertiary/aromatic N) is 3. The van der Waals surface area contributed by atoms with Crippen molar-refractivity contribution in [3.05, 3.63) is 54.5 Å². The topological polar surface area (TPSA) is 107 Å². The Morgan fingerprint density at radius 1 is 1.00 bits per heavy atom. The number of methoxy groups -OCH3 is 2. The molecule has 144 valence electrons. The molecule has 4 rings (SSSR count). The van der Waals surface area contributed by atoms with Crippen LogP contribution >= 0.6 is 7.60 Å². The summed E-state index contributed by atoms with van der Waals surface area (Å²) in [6, 6.07) is 10.7. The van der Waals surface area contributed by atoms with E-state index in [-0.39, 0.29) is 6.16 Å². The number of rotatable bonds is 5. The van der Waals surface area contributed by atoms with E-state index in [1.54, 1.807) is 51.0 Å². The van der Waals surface area contributed by atoms with E-state index in [4.69, 9.17) is 19.3 Å². The molecule has 9 heteroatoms. The summed E-state index contributed by atoms with van der Waals surface area (Å²) in [6.07, 6.45) is 3.10. The van der Waals surface area contributed by atoms with Gasteiger partial charge in [-0.25, -0.2) is 4.98 Å². The number of fused-ring (bicyclic) bond motifs is 3. The molecule has 0 fully saturated rings. The van der Waals surface area contributed by atoms with Crippen LogP contribution in [0.2, 0.25) is 0 Å². The minimum absolute atomic E-state index is 0.290. The van der Waals surface area contributed by atoms with Crippen molar-refractivity contribution in [3.8, 4) is 17.2 Å². The molecule has 8 nitrogen and oxygen atoms in total. The molecule has 0 aliphatic rings. The predicted molar refractivity (Wildman–Crippen MR) is 105 cm³/mol. The molecule has 0 saturated heterocycles. The van der Waals surface area contributed by atoms with E-state index < -0.39 is 7.60 Å². The van der Waals surface area contributed by atoms with Gasteiger partial charge in [-0.05, 0) is 23.8 Å². The summed E-state index contributed by atoms with van der Waals surface area (Å²) in [5, 5.41) is 0.854. The van der Waals surface area contributed by atoms with E-state index in [1.807, 2.05) is 16.7 Å². The molecule has 2 aromatic carbocycles. The lowest BCUT2D eigenvalue weighted by Gasteiger charge is -2.11. The van der Waals surface area contributed by atoms with Crippen LogP contribution in [0, 0.1) is 0 Å². The van der Waals surface area contributed by atoms with Gasteiger partial charge in [0.05, 0.1) is 37.6 Å². The molecular formula is C19H18N3O5P. The van der Waals surface area contributed by atoms with E-state index in [2.05, 4.69) is 9.97 Å². The number of imidazole rings is 1. The van der Waals surface area contributed by atoms with Crippen molar-refractivity contribution in [1.29, 1.82) is 0 Å². The second-order valence-corrected chi connectivity index (χ2v) is 7.97. The second-order valence-electron chi connectivity index (χ2n) is 6.32. The van der Waals surface area contributed by atoms with Crippen LogP contribution < -0.4 is 9.47 Å². The molecule has 0 spiro atoms. The minimum Gasteiger partial charge on any atom is -0.493 e. The molecule has 2 N–H and O–H groups in total. The number of ether oxygens (including phenoxy) is 2. The van der Waals surface area contributed by atoms with Gasteiger partial charge < -0.3 is 19.3 Å². The van der Waals surface area contributed by atoms with E-state index in [1.165, 1.54) is 0 Å². The van der Waals surface area contributed by atoms with Gasteiger partial charge in [0.15, 0.2) is 11.5 Å². The van der Waals surface area contributed by atoms with Crippen LogP contribution in [0.3, 0.4) is 0 Å². The summed E-state index contributed by atoms with van der Waals surface area (Å²) in [4.78, 5) is 27.2. The van der Waals surface area contributed by atoms with Crippen molar-refractivity contribution in [3.63, 3.8) is 0 Å². The molecule has 0 bridgehead atoms. The van der Waals surface area contributed by atoms with Gasteiger partial charge in [0, 0.05) is 17.1 Å². The first-order valence-electron chi connectivity index (χ1n) is 8.41. The molecular weight excluding hydrogens is 381 g/mol. The van der Waals surface area contributed by atoms with E-state index in [0.29, 0.717) is 17.1 Å². The van der Waals surface area contributed by atoms with Crippen molar-refractivity contribution in [1.82, 2.24) is 14.5 Å². The molecule has 2 aromatic heterocycles. The van der Waals surface area contributed by atoms with Crippen molar-refractivity contribution < 1.29 is 23.8 Å². The molecule has 28 heavy (non-hydrogen) atoms. The maximum absolute atomic E-state index is 11.2. The lowest BCUT2D eigenvalue weighted by molar-refractivity contribution is 0.356. The highest BCUT2D eigenvalue weighted by Gasteiger charge is 2.16. The Balaban J connectivity index is 1.88. The first kappa shape index (κ1) is 18.4. The van der Waals surface area contributed by atoms with Crippen molar-refractivity contribution >= 4 is 29.5 Å². The zero-order chi connectivity index (χ0) is 19.9. The summed E-state index contributed by atoms with van der Waals surface area (Å²) in [5.41, 5.74) is 3.71. The Kier molecular flexibility index (Phi) is 4.55. The van der Waals surface area contributed by atoms with Gasteiger partial charge >= 0.3 is 7.60 Å². The van der Waals surface area contributed by atoms with Crippen LogP contribution in [0.4, 0.5) is 0 Å². The smallest absolute Gasteiger partial charge is 0.329 e. The lowest BCUT2D eigenvalue weighted by atomic mass is 10.1. The highest BCUT2D eigenvalue weighted by atomic mass is 31.2. The average molecular weight is 399 g/mol. The fraction of sp³-hybridized carbons (Fsp3) is 0.158. The van der Waals surface area contributed by atoms with Crippen molar-refractivity contribution in [2.45, 2.75) is 6.16 Å². The van der Waals surface area contributed by atoms with Crippen LogP contribution in [0.5, 0.6) is 11.5 Å². The zero-order valence-corrected chi connectivity index (χ0v) is 16.1. The van der Waals surface area contributed by atoms with Crippen LogP contribution in [0.25, 0.3) is 27.6 Å². The average Bonchev–Trinajstić information content (AvgIpc) is 3.10. The van der Waals surface area contributed by atoms with Crippen molar-refractivity contribution in [2.24, 2.45) is 0 Å². The Bertz CT molecular complexity index is 1210. The van der Waals surface area contributed by atoms with Crippen molar-refractivity contribution in [2.75, 3.05) is 14.2 Å². The third kappa shape index (κ3) is 3.33. The number of benzene rings is 2. The van der Waals surface area contributed by atoms with E-state index in [0.717, 1.165) is 27.6 Å². The highest BCUT2D eigenvalue weighted by Crippen LogP contribution is 2.39. The van der Waals surface area contributed by atoms with Gasteiger partial charge in [0.1, 0.15) is 11.8 Å². The van der Waals surface area contributed by atoms with Gasteiger partial charge in [0.25, 0.3) is 0 Å². The van der Waals surface area contributed by atoms with Crippen LogP contribution in [-0.2, 0) is 10.7 Å². The van der Waals surface area contributed by atoms with Gasteiger partial charge in [-0.3, -0.25) is 14.1 Å². The molecule has 0 aliphatic carbocycles. The third-order valence-electron chi connectivity index (χ3n) is 4.48. The standard InChI is InChI=1S/C19H18N3O5P/c1-26-17-7-14-15(8-18(17)27-2)20-9-16-19(14)22(11-21-16)13-5-3-12(4-6-13)10-28(23,24)25/h3-9,11H,10H2,1-2H3,(H2,23,24,25). The second kappa shape index (κ2) is 6.91. The quantitative estimate of drug-likeness (QED) is 0.496. The summed E-state index contributed by atoms with van der Waals surface area (Å²) in [5.74, 6) is 1.18. The molecule has 0 unspecified atom stereocenters. The summed E-state index contributed by atoms with van der Waals surface area (Å²) in [7, 11) is -0.952. The molecule has 2 heterocycles. The SMILES string of the molecule is COc1cc2ncc3ncn(-c4ccc(CP(=O)(O)O)cc4)c3c2cc1OC. The molecule has 0 radical (unpaired) electrons. The lowest BCUT2D eigenvalue weighted by Crippen LogP contribution is -1.96. The Morgan fingerprint density at radius 3 is 2.32 bits per heavy atom. The van der Waals surface area contributed by atoms with E-state index in [9.17, 15) is 4.57 Å². The molecule has 0 saturated carbocycles. The van der Waals surface area contributed by atoms with Crippen LogP contribution in [0.15, 0.2) is 48.9 Å². The van der Waals surface area contributed by atoms with Crippen LogP contribution in [0.1, 0.15) is 5.56 Å².